The van der Waals surface area contributed by atoms with Crippen molar-refractivity contribution < 1.29 is 4.79 Å². The summed E-state index contributed by atoms with van der Waals surface area (Å²) in [5.41, 5.74) is 3.76. The van der Waals surface area contributed by atoms with Crippen LogP contribution < -0.4 is 4.90 Å². The zero-order valence-electron chi connectivity index (χ0n) is 15.8. The first-order chi connectivity index (χ1) is 14.2. The summed E-state index contributed by atoms with van der Waals surface area (Å²) in [4.78, 5) is 14.7. The van der Waals surface area contributed by atoms with Crippen molar-refractivity contribution in [2.45, 2.75) is 6.54 Å². The molecule has 0 unspecified atom stereocenters. The molecule has 0 bridgehead atoms. The van der Waals surface area contributed by atoms with Crippen LogP contribution in [0, 0.1) is 0 Å². The minimum atomic E-state index is 0.0149. The van der Waals surface area contributed by atoms with Gasteiger partial charge >= 0.3 is 0 Å². The molecule has 0 aliphatic rings. The highest BCUT2D eigenvalue weighted by atomic mass is 16.2. The fourth-order valence-corrected chi connectivity index (χ4v) is 3.68. The molecular formula is C22H18N6O. The highest BCUT2D eigenvalue weighted by Crippen LogP contribution is 2.32. The van der Waals surface area contributed by atoms with Gasteiger partial charge < -0.3 is 9.47 Å². The Hall–Kier alpha value is -4.00. The van der Waals surface area contributed by atoms with Gasteiger partial charge in [-0.1, -0.05) is 36.4 Å². The van der Waals surface area contributed by atoms with E-state index in [9.17, 15) is 4.79 Å². The molecule has 3 aromatic carbocycles. The van der Waals surface area contributed by atoms with Gasteiger partial charge in [-0.2, -0.15) is 5.21 Å². The average molecular weight is 382 g/mol. The number of nitrogens with zero attached hydrogens (tertiary/aromatic N) is 5. The Labute approximate surface area is 166 Å². The number of para-hydroxylation sites is 2. The van der Waals surface area contributed by atoms with Gasteiger partial charge in [0.25, 0.3) is 0 Å². The Morgan fingerprint density at radius 2 is 1.72 bits per heavy atom. The molecule has 7 nitrogen and oxygen atoms in total. The molecule has 0 radical (unpaired) electrons. The maximum Gasteiger partial charge on any atom is 0.246 e. The summed E-state index contributed by atoms with van der Waals surface area (Å²) in [5.74, 6) is 0.560. The Morgan fingerprint density at radius 1 is 0.966 bits per heavy atom. The molecule has 1 amide bonds. The van der Waals surface area contributed by atoms with E-state index in [2.05, 4.69) is 31.3 Å². The molecule has 5 rings (SSSR count). The van der Waals surface area contributed by atoms with E-state index in [0.717, 1.165) is 33.1 Å². The molecule has 2 heterocycles. The molecule has 0 fully saturated rings. The molecule has 0 saturated heterocycles. The number of benzene rings is 3. The van der Waals surface area contributed by atoms with E-state index >= 15 is 0 Å². The fraction of sp³-hybridized carbons (Fsp3) is 0.0909. The second-order valence-electron chi connectivity index (χ2n) is 6.86. The standard InChI is InChI=1S/C22H18N6O/c1-27(16-7-3-2-4-8-16)21(29)14-28-19-10-6-5-9-17(19)18-13-15(11-12-20(18)28)22-23-25-26-24-22/h2-13H,14H2,1H3,(H,23,24,25,26). The number of H-pyrrole nitrogens is 1. The number of tetrazole rings is 1. The van der Waals surface area contributed by atoms with Crippen molar-refractivity contribution in [3.8, 4) is 11.4 Å². The molecule has 0 spiro atoms. The molecule has 0 atom stereocenters. The van der Waals surface area contributed by atoms with Gasteiger partial charge in [0.05, 0.1) is 0 Å². The van der Waals surface area contributed by atoms with Gasteiger partial charge in [-0.15, -0.1) is 10.2 Å². The van der Waals surface area contributed by atoms with Crippen molar-refractivity contribution in [1.29, 1.82) is 0 Å². The first kappa shape index (κ1) is 17.1. The number of hydrogen-bond acceptors (Lipinski definition) is 4. The summed E-state index contributed by atoms with van der Waals surface area (Å²) in [5, 5.41) is 16.4. The number of rotatable bonds is 4. The Morgan fingerprint density at radius 3 is 2.52 bits per heavy atom. The molecule has 7 heteroatoms. The number of nitrogens with one attached hydrogen (secondary N) is 1. The third-order valence-electron chi connectivity index (χ3n) is 5.19. The van der Waals surface area contributed by atoms with Gasteiger partial charge in [0, 0.05) is 40.1 Å². The van der Waals surface area contributed by atoms with Crippen LogP contribution in [0.15, 0.2) is 72.8 Å². The van der Waals surface area contributed by atoms with E-state index in [0.29, 0.717) is 5.82 Å². The summed E-state index contributed by atoms with van der Waals surface area (Å²) >= 11 is 0. The summed E-state index contributed by atoms with van der Waals surface area (Å²) in [7, 11) is 1.81. The summed E-state index contributed by atoms with van der Waals surface area (Å²) < 4.78 is 2.06. The van der Waals surface area contributed by atoms with Crippen LogP contribution in [0.1, 0.15) is 0 Å². The van der Waals surface area contributed by atoms with Crippen LogP contribution in [-0.4, -0.2) is 38.1 Å². The van der Waals surface area contributed by atoms with Crippen LogP contribution in [0.2, 0.25) is 0 Å². The molecule has 0 aliphatic carbocycles. The van der Waals surface area contributed by atoms with Crippen molar-refractivity contribution >= 4 is 33.4 Å². The van der Waals surface area contributed by atoms with E-state index in [4.69, 9.17) is 0 Å². The Kier molecular flexibility index (Phi) is 4.05. The highest BCUT2D eigenvalue weighted by Gasteiger charge is 2.17. The zero-order valence-corrected chi connectivity index (χ0v) is 15.8. The summed E-state index contributed by atoms with van der Waals surface area (Å²) in [6, 6.07) is 23.8. The van der Waals surface area contributed by atoms with E-state index in [1.807, 2.05) is 66.7 Å². The second-order valence-corrected chi connectivity index (χ2v) is 6.86. The Balaban J connectivity index is 1.60. The molecule has 0 saturated carbocycles. The van der Waals surface area contributed by atoms with Gasteiger partial charge in [0.15, 0.2) is 0 Å². The molecule has 2 aromatic heterocycles. The minimum Gasteiger partial charge on any atom is -0.331 e. The number of aromatic amines is 1. The SMILES string of the molecule is CN(C(=O)Cn1c2ccccc2c2cc(-c3nn[nH]n3)ccc21)c1ccccc1. The Bertz CT molecular complexity index is 1310. The lowest BCUT2D eigenvalue weighted by Crippen LogP contribution is -2.29. The van der Waals surface area contributed by atoms with Crippen LogP contribution in [0.4, 0.5) is 5.69 Å². The van der Waals surface area contributed by atoms with Crippen LogP contribution >= 0.6 is 0 Å². The zero-order chi connectivity index (χ0) is 19.8. The molecule has 29 heavy (non-hydrogen) atoms. The van der Waals surface area contributed by atoms with E-state index in [1.165, 1.54) is 0 Å². The first-order valence-electron chi connectivity index (χ1n) is 9.29. The normalized spacial score (nSPS) is 11.2. The minimum absolute atomic E-state index is 0.0149. The van der Waals surface area contributed by atoms with Crippen LogP contribution in [0.25, 0.3) is 33.2 Å². The van der Waals surface area contributed by atoms with Gasteiger partial charge in [0.2, 0.25) is 11.7 Å². The quantitative estimate of drug-likeness (QED) is 0.515. The number of amides is 1. The van der Waals surface area contributed by atoms with Crippen molar-refractivity contribution in [2.24, 2.45) is 0 Å². The maximum absolute atomic E-state index is 13.0. The van der Waals surface area contributed by atoms with Crippen LogP contribution in [0.3, 0.4) is 0 Å². The molecule has 142 valence electrons. The second kappa shape index (κ2) is 6.87. The predicted octanol–water partition coefficient (Wildman–Crippen LogP) is 3.64. The van der Waals surface area contributed by atoms with Crippen molar-refractivity contribution in [3.05, 3.63) is 72.8 Å². The number of fused-ring (bicyclic) bond motifs is 3. The maximum atomic E-state index is 13.0. The third kappa shape index (κ3) is 2.93. The molecule has 5 aromatic rings. The van der Waals surface area contributed by atoms with E-state index in [-0.39, 0.29) is 12.5 Å². The monoisotopic (exact) mass is 382 g/mol. The lowest BCUT2D eigenvalue weighted by molar-refractivity contribution is -0.118. The smallest absolute Gasteiger partial charge is 0.246 e. The average Bonchev–Trinajstić information content (AvgIpc) is 3.41. The number of hydrogen-bond donors (Lipinski definition) is 1. The molecule has 1 N–H and O–H groups in total. The number of anilines is 1. The lowest BCUT2D eigenvalue weighted by Gasteiger charge is -2.18. The van der Waals surface area contributed by atoms with E-state index in [1.54, 1.807) is 11.9 Å². The van der Waals surface area contributed by atoms with Gasteiger partial charge in [-0.3, -0.25) is 4.79 Å². The third-order valence-corrected chi connectivity index (χ3v) is 5.19. The number of likely N-dealkylation sites (N-methyl/N-ethyl adjacent to an activating group) is 1. The van der Waals surface area contributed by atoms with E-state index < -0.39 is 0 Å². The number of aromatic nitrogens is 5. The summed E-state index contributed by atoms with van der Waals surface area (Å²) in [6.45, 7) is 0.247. The van der Waals surface area contributed by atoms with Crippen LogP contribution in [-0.2, 0) is 11.3 Å². The highest BCUT2D eigenvalue weighted by molar-refractivity contribution is 6.10. The largest absolute Gasteiger partial charge is 0.331 e. The van der Waals surface area contributed by atoms with Gasteiger partial charge in [-0.25, -0.2) is 0 Å². The first-order valence-corrected chi connectivity index (χ1v) is 9.29. The topological polar surface area (TPSA) is 79.7 Å². The van der Waals surface area contributed by atoms with Crippen molar-refractivity contribution in [1.82, 2.24) is 25.2 Å². The molecular weight excluding hydrogens is 364 g/mol. The van der Waals surface area contributed by atoms with Crippen molar-refractivity contribution in [2.75, 3.05) is 11.9 Å². The number of carbonyl (C=O) groups is 1. The van der Waals surface area contributed by atoms with Gasteiger partial charge in [-0.05, 0) is 41.6 Å². The predicted molar refractivity (Wildman–Crippen MR) is 112 cm³/mol. The fourth-order valence-electron chi connectivity index (χ4n) is 3.68. The molecule has 0 aliphatic heterocycles. The lowest BCUT2D eigenvalue weighted by atomic mass is 10.1. The van der Waals surface area contributed by atoms with Crippen LogP contribution in [0.5, 0.6) is 0 Å². The summed E-state index contributed by atoms with van der Waals surface area (Å²) in [6.07, 6.45) is 0. The van der Waals surface area contributed by atoms with Gasteiger partial charge in [0.1, 0.15) is 6.54 Å². The van der Waals surface area contributed by atoms with Crippen molar-refractivity contribution in [3.63, 3.8) is 0 Å². The number of carbonyl (C=O) groups excluding carboxylic acids is 1.